The molecule has 0 atom stereocenters. The number of aliphatic carboxylic acids is 1. The van der Waals surface area contributed by atoms with Crippen LogP contribution in [0.5, 0.6) is 0 Å². The zero-order chi connectivity index (χ0) is 19.3. The van der Waals surface area contributed by atoms with Crippen molar-refractivity contribution < 1.29 is 18.3 Å². The van der Waals surface area contributed by atoms with Gasteiger partial charge in [0.15, 0.2) is 0 Å². The van der Waals surface area contributed by atoms with Gasteiger partial charge in [-0.15, -0.1) is 0 Å². The summed E-state index contributed by atoms with van der Waals surface area (Å²) in [4.78, 5) is 10.5. The minimum absolute atomic E-state index is 0.00230. The highest BCUT2D eigenvalue weighted by Crippen LogP contribution is 2.29. The summed E-state index contributed by atoms with van der Waals surface area (Å²) >= 11 is 17.8. The number of carboxylic acids is 1. The van der Waals surface area contributed by atoms with Crippen LogP contribution in [0.4, 0.5) is 5.69 Å². The lowest BCUT2D eigenvalue weighted by molar-refractivity contribution is -0.136. The van der Waals surface area contributed by atoms with Gasteiger partial charge >= 0.3 is 5.97 Å². The second-order valence-electron chi connectivity index (χ2n) is 5.25. The van der Waals surface area contributed by atoms with Crippen LogP contribution in [-0.4, -0.2) is 19.5 Å². The first-order valence-corrected chi connectivity index (χ1v) is 9.96. The topological polar surface area (TPSA) is 83.5 Å². The van der Waals surface area contributed by atoms with Gasteiger partial charge in [0.1, 0.15) is 4.90 Å². The Morgan fingerprint density at radius 3 is 2.38 bits per heavy atom. The molecule has 0 aliphatic heterocycles. The molecule has 0 saturated heterocycles. The van der Waals surface area contributed by atoms with Crippen LogP contribution in [0, 0.1) is 0 Å². The molecule has 0 fully saturated rings. The van der Waals surface area contributed by atoms with Crippen molar-refractivity contribution in [1.29, 1.82) is 0 Å². The van der Waals surface area contributed by atoms with Crippen molar-refractivity contribution >= 4 is 62.6 Å². The number of sulfonamides is 1. The van der Waals surface area contributed by atoms with Crippen molar-refractivity contribution in [3.05, 3.63) is 63.1 Å². The third-order valence-corrected chi connectivity index (χ3v) is 5.58. The zero-order valence-corrected chi connectivity index (χ0v) is 16.3. The first-order valence-electron chi connectivity index (χ1n) is 7.35. The monoisotopic (exact) mass is 433 g/mol. The molecule has 0 aromatic heterocycles. The van der Waals surface area contributed by atoms with Crippen molar-refractivity contribution in [1.82, 2.24) is 0 Å². The molecule has 2 aromatic carbocycles. The highest BCUT2D eigenvalue weighted by molar-refractivity contribution is 7.92. The van der Waals surface area contributed by atoms with Crippen molar-refractivity contribution in [3.63, 3.8) is 0 Å². The molecule has 9 heteroatoms. The summed E-state index contributed by atoms with van der Waals surface area (Å²) in [6.45, 7) is 0. The van der Waals surface area contributed by atoms with Gasteiger partial charge in [-0.2, -0.15) is 0 Å². The summed E-state index contributed by atoms with van der Waals surface area (Å²) in [6.07, 6.45) is 3.51. The Morgan fingerprint density at radius 1 is 1.08 bits per heavy atom. The lowest BCUT2D eigenvalue weighted by Crippen LogP contribution is -2.14. The number of carboxylic acid groups (broad SMARTS) is 1. The maximum Gasteiger partial charge on any atom is 0.303 e. The molecule has 5 nitrogen and oxygen atoms in total. The molecule has 2 N–H and O–H groups in total. The molecule has 0 radical (unpaired) electrons. The molecule has 0 bridgehead atoms. The van der Waals surface area contributed by atoms with Crippen molar-refractivity contribution in [2.24, 2.45) is 0 Å². The lowest BCUT2D eigenvalue weighted by atomic mass is 10.1. The largest absolute Gasteiger partial charge is 0.481 e. The fraction of sp³-hybridized carbons (Fsp3) is 0.118. The summed E-state index contributed by atoms with van der Waals surface area (Å²) in [5, 5.41) is 9.40. The molecular formula is C17H14Cl3NO4S. The standard InChI is InChI=1S/C17H14Cl3NO4S/c18-12-5-7-15(11(9-12)3-1-2-4-17(22)23)21-26(24,25)16-8-6-13(19)10-14(16)20/h1,3,5-10,21H,2,4H2,(H,22,23). The summed E-state index contributed by atoms with van der Waals surface area (Å²) < 4.78 is 27.7. The van der Waals surface area contributed by atoms with E-state index in [1.807, 2.05) is 0 Å². The number of carbonyl (C=O) groups is 1. The number of benzene rings is 2. The van der Waals surface area contributed by atoms with Gasteiger partial charge in [-0.1, -0.05) is 47.0 Å². The first-order chi connectivity index (χ1) is 12.2. The van der Waals surface area contributed by atoms with E-state index >= 15 is 0 Å². The smallest absolute Gasteiger partial charge is 0.303 e. The molecule has 26 heavy (non-hydrogen) atoms. The molecule has 2 aromatic rings. The molecule has 0 spiro atoms. The Hall–Kier alpha value is -1.73. The molecular weight excluding hydrogens is 421 g/mol. The Kier molecular flexibility index (Phi) is 6.94. The van der Waals surface area contributed by atoms with Gasteiger partial charge in [-0.05, 0) is 48.4 Å². The maximum absolute atomic E-state index is 12.6. The quantitative estimate of drug-likeness (QED) is 0.617. The lowest BCUT2D eigenvalue weighted by Gasteiger charge is -2.12. The number of nitrogens with one attached hydrogen (secondary N) is 1. The second-order valence-corrected chi connectivity index (χ2v) is 8.18. The SMILES string of the molecule is O=C(O)CCC=Cc1cc(Cl)ccc1NS(=O)(=O)c1ccc(Cl)cc1Cl. The van der Waals surface area contributed by atoms with Gasteiger partial charge in [0, 0.05) is 16.5 Å². The number of halogens is 3. The molecule has 0 heterocycles. The maximum atomic E-state index is 12.6. The van der Waals surface area contributed by atoms with E-state index < -0.39 is 16.0 Å². The number of rotatable bonds is 7. The average Bonchev–Trinajstić information content (AvgIpc) is 2.53. The number of allylic oxidation sites excluding steroid dienone is 1. The van der Waals surface area contributed by atoms with E-state index in [0.29, 0.717) is 22.0 Å². The van der Waals surface area contributed by atoms with Gasteiger partial charge in [0.05, 0.1) is 10.7 Å². The fourth-order valence-corrected chi connectivity index (χ4v) is 4.12. The molecule has 0 aliphatic rings. The molecule has 0 saturated carbocycles. The summed E-state index contributed by atoms with van der Waals surface area (Å²) in [5.74, 6) is -0.918. The molecule has 2 rings (SSSR count). The van der Waals surface area contributed by atoms with Crippen molar-refractivity contribution in [3.8, 4) is 0 Å². The molecule has 0 unspecified atom stereocenters. The van der Waals surface area contributed by atoms with Crippen LogP contribution in [-0.2, 0) is 14.8 Å². The van der Waals surface area contributed by atoms with Gasteiger partial charge in [0.25, 0.3) is 10.0 Å². The van der Waals surface area contributed by atoms with E-state index in [0.717, 1.165) is 0 Å². The van der Waals surface area contributed by atoms with Crippen LogP contribution in [0.1, 0.15) is 18.4 Å². The third-order valence-electron chi connectivity index (χ3n) is 3.26. The van der Waals surface area contributed by atoms with Crippen LogP contribution < -0.4 is 4.72 Å². The van der Waals surface area contributed by atoms with Gasteiger partial charge in [0.2, 0.25) is 0 Å². The van der Waals surface area contributed by atoms with E-state index in [-0.39, 0.29) is 22.0 Å². The predicted octanol–water partition coefficient (Wildman–Crippen LogP) is 5.33. The van der Waals surface area contributed by atoms with Crippen molar-refractivity contribution in [2.45, 2.75) is 17.7 Å². The summed E-state index contributed by atoms with van der Waals surface area (Å²) in [7, 11) is -3.95. The van der Waals surface area contributed by atoms with Gasteiger partial charge < -0.3 is 5.11 Å². The van der Waals surface area contributed by atoms with Crippen LogP contribution in [0.25, 0.3) is 6.08 Å². The normalized spacial score (nSPS) is 11.7. The highest BCUT2D eigenvalue weighted by atomic mass is 35.5. The minimum atomic E-state index is -3.95. The Morgan fingerprint density at radius 2 is 1.73 bits per heavy atom. The zero-order valence-electron chi connectivity index (χ0n) is 13.2. The average molecular weight is 435 g/mol. The van der Waals surface area contributed by atoms with Crippen LogP contribution in [0.2, 0.25) is 15.1 Å². The number of anilines is 1. The third kappa shape index (κ3) is 5.64. The van der Waals surface area contributed by atoms with Crippen molar-refractivity contribution in [2.75, 3.05) is 4.72 Å². The van der Waals surface area contributed by atoms with Crippen LogP contribution >= 0.6 is 34.8 Å². The van der Waals surface area contributed by atoms with Crippen LogP contribution in [0.3, 0.4) is 0 Å². The molecule has 0 aliphatic carbocycles. The van der Waals surface area contributed by atoms with E-state index in [9.17, 15) is 13.2 Å². The Bertz CT molecular complexity index is 958. The minimum Gasteiger partial charge on any atom is -0.481 e. The molecule has 138 valence electrons. The van der Waals surface area contributed by atoms with E-state index in [4.69, 9.17) is 39.9 Å². The number of hydrogen-bond donors (Lipinski definition) is 2. The van der Waals surface area contributed by atoms with E-state index in [1.165, 1.54) is 30.3 Å². The molecule has 0 amide bonds. The summed E-state index contributed by atoms with van der Waals surface area (Å²) in [5.41, 5.74) is 0.781. The predicted molar refractivity (Wildman–Crippen MR) is 105 cm³/mol. The van der Waals surface area contributed by atoms with E-state index in [1.54, 1.807) is 18.2 Å². The van der Waals surface area contributed by atoms with Gasteiger partial charge in [-0.3, -0.25) is 9.52 Å². The highest BCUT2D eigenvalue weighted by Gasteiger charge is 2.19. The van der Waals surface area contributed by atoms with E-state index in [2.05, 4.69) is 4.72 Å². The fourth-order valence-electron chi connectivity index (χ4n) is 2.07. The Balaban J connectivity index is 2.32. The Labute approximate surface area is 166 Å². The first kappa shape index (κ1) is 20.6. The number of hydrogen-bond acceptors (Lipinski definition) is 3. The summed E-state index contributed by atoms with van der Waals surface area (Å²) in [6, 6.07) is 8.70. The van der Waals surface area contributed by atoms with Crippen LogP contribution in [0.15, 0.2) is 47.4 Å². The van der Waals surface area contributed by atoms with Gasteiger partial charge in [-0.25, -0.2) is 8.42 Å². The second kappa shape index (κ2) is 8.77.